The molecule has 0 bridgehead atoms. The van der Waals surface area contributed by atoms with Gasteiger partial charge >= 0.3 is 0 Å². The first-order valence-electron chi connectivity index (χ1n) is 6.37. The smallest absolute Gasteiger partial charge is 0.151 e. The van der Waals surface area contributed by atoms with Crippen LogP contribution in [0, 0.1) is 0 Å². The molecule has 0 aromatic heterocycles. The predicted molar refractivity (Wildman–Crippen MR) is 59.7 cm³/mol. The van der Waals surface area contributed by atoms with Crippen LogP contribution in [0.2, 0.25) is 0 Å². The molecule has 2 N–H and O–H groups in total. The van der Waals surface area contributed by atoms with Gasteiger partial charge in [-0.1, -0.05) is 6.92 Å². The molecule has 1 aliphatic carbocycles. The topological polar surface area (TPSA) is 43.7 Å². The van der Waals surface area contributed by atoms with E-state index in [9.17, 15) is 4.39 Å². The Morgan fingerprint density at radius 2 is 2.06 bits per heavy atom. The number of alkyl halides is 1. The molecule has 2 saturated heterocycles. The summed E-state index contributed by atoms with van der Waals surface area (Å²) >= 11 is 0. The Morgan fingerprint density at radius 3 is 2.56 bits per heavy atom. The molecule has 94 valence electrons. The fourth-order valence-electron chi connectivity index (χ4n) is 3.03. The Bertz CT molecular complexity index is 243. The average Bonchev–Trinajstić information content (AvgIpc) is 2.87. The van der Waals surface area contributed by atoms with E-state index in [0.29, 0.717) is 12.5 Å². The molecule has 2 aliphatic heterocycles. The van der Waals surface area contributed by atoms with Crippen LogP contribution >= 0.6 is 0 Å². The number of rotatable bonds is 1. The SMILES string of the molecule is CCC(O)O.FC1CC2CCCN2C12CC2. The molecule has 3 aliphatic rings. The summed E-state index contributed by atoms with van der Waals surface area (Å²) in [6.45, 7) is 2.87. The maximum atomic E-state index is 13.4. The molecule has 2 atom stereocenters. The van der Waals surface area contributed by atoms with Crippen LogP contribution in [0.1, 0.15) is 45.4 Å². The summed E-state index contributed by atoms with van der Waals surface area (Å²) in [5, 5.41) is 15.8. The number of hydrogen-bond donors (Lipinski definition) is 2. The van der Waals surface area contributed by atoms with Crippen molar-refractivity contribution in [2.75, 3.05) is 6.54 Å². The zero-order valence-corrected chi connectivity index (χ0v) is 9.90. The minimum Gasteiger partial charge on any atom is -0.368 e. The minimum absolute atomic E-state index is 0.0706. The molecule has 3 fully saturated rings. The molecule has 2 heterocycles. The first kappa shape index (κ1) is 12.3. The standard InChI is InChI=1S/C9H14FN.C3H8O2/c10-8-6-7-2-1-5-11(7)9(8)3-4-9;1-2-3(4)5/h7-8H,1-6H2;3-5H,2H2,1H3. The predicted octanol–water partition coefficient (Wildman–Crippen LogP) is 1.43. The first-order chi connectivity index (χ1) is 7.60. The molecular weight excluding hydrogens is 209 g/mol. The number of aliphatic hydroxyl groups is 2. The van der Waals surface area contributed by atoms with Gasteiger partial charge in [0.1, 0.15) is 6.17 Å². The Kier molecular flexibility index (Phi) is 3.52. The molecule has 0 aromatic carbocycles. The van der Waals surface area contributed by atoms with Gasteiger partial charge in [0.05, 0.1) is 5.54 Å². The summed E-state index contributed by atoms with van der Waals surface area (Å²) in [7, 11) is 0. The van der Waals surface area contributed by atoms with Crippen molar-refractivity contribution in [2.45, 2.75) is 69.5 Å². The van der Waals surface area contributed by atoms with Gasteiger partial charge in [0.15, 0.2) is 6.29 Å². The zero-order chi connectivity index (χ0) is 11.8. The molecule has 0 aromatic rings. The fourth-order valence-corrected chi connectivity index (χ4v) is 3.03. The Hall–Kier alpha value is -0.190. The highest BCUT2D eigenvalue weighted by atomic mass is 19.1. The van der Waals surface area contributed by atoms with Gasteiger partial charge < -0.3 is 10.2 Å². The van der Waals surface area contributed by atoms with Gasteiger partial charge in [-0.25, -0.2) is 4.39 Å². The van der Waals surface area contributed by atoms with Crippen molar-refractivity contribution in [1.29, 1.82) is 0 Å². The zero-order valence-electron chi connectivity index (χ0n) is 9.90. The molecule has 3 rings (SSSR count). The number of aliphatic hydroxyl groups excluding tert-OH is 1. The Labute approximate surface area is 96.3 Å². The number of fused-ring (bicyclic) bond motifs is 2. The maximum absolute atomic E-state index is 13.4. The maximum Gasteiger partial charge on any atom is 0.151 e. The van der Waals surface area contributed by atoms with Crippen molar-refractivity contribution < 1.29 is 14.6 Å². The van der Waals surface area contributed by atoms with Crippen LogP contribution in [0.15, 0.2) is 0 Å². The molecule has 1 spiro atoms. The largest absolute Gasteiger partial charge is 0.368 e. The van der Waals surface area contributed by atoms with Gasteiger partial charge in [-0.2, -0.15) is 0 Å². The van der Waals surface area contributed by atoms with E-state index in [2.05, 4.69) is 4.90 Å². The molecule has 0 radical (unpaired) electrons. The highest BCUT2D eigenvalue weighted by Crippen LogP contribution is 2.55. The molecule has 0 amide bonds. The summed E-state index contributed by atoms with van der Waals surface area (Å²) in [4.78, 5) is 2.46. The third-order valence-electron chi connectivity index (χ3n) is 4.14. The van der Waals surface area contributed by atoms with Gasteiger partial charge in [0.2, 0.25) is 0 Å². The number of nitrogens with zero attached hydrogens (tertiary/aromatic N) is 1. The monoisotopic (exact) mass is 231 g/mol. The molecule has 2 unspecified atom stereocenters. The van der Waals surface area contributed by atoms with Crippen LogP contribution < -0.4 is 0 Å². The van der Waals surface area contributed by atoms with E-state index in [4.69, 9.17) is 10.2 Å². The summed E-state index contributed by atoms with van der Waals surface area (Å²) < 4.78 is 13.4. The lowest BCUT2D eigenvalue weighted by Crippen LogP contribution is -2.36. The first-order valence-corrected chi connectivity index (χ1v) is 6.37. The van der Waals surface area contributed by atoms with Gasteiger partial charge in [0.25, 0.3) is 0 Å². The highest BCUT2D eigenvalue weighted by Gasteiger charge is 2.62. The fraction of sp³-hybridized carbons (Fsp3) is 1.00. The normalized spacial score (nSPS) is 35.1. The van der Waals surface area contributed by atoms with Gasteiger partial charge in [-0.15, -0.1) is 0 Å². The van der Waals surface area contributed by atoms with Crippen molar-refractivity contribution >= 4 is 0 Å². The van der Waals surface area contributed by atoms with E-state index in [-0.39, 0.29) is 5.54 Å². The van der Waals surface area contributed by atoms with Crippen molar-refractivity contribution in [2.24, 2.45) is 0 Å². The van der Waals surface area contributed by atoms with Crippen LogP contribution in [0.4, 0.5) is 4.39 Å². The Balaban J connectivity index is 0.000000168. The molecule has 3 nitrogen and oxygen atoms in total. The highest BCUT2D eigenvalue weighted by molar-refractivity contribution is 5.17. The van der Waals surface area contributed by atoms with Crippen LogP contribution in [-0.4, -0.2) is 45.7 Å². The second kappa shape index (κ2) is 4.59. The summed E-state index contributed by atoms with van der Waals surface area (Å²) in [5.74, 6) is 0. The second-order valence-electron chi connectivity index (χ2n) is 5.19. The third kappa shape index (κ3) is 2.11. The quantitative estimate of drug-likeness (QED) is 0.671. The van der Waals surface area contributed by atoms with Crippen molar-refractivity contribution in [3.05, 3.63) is 0 Å². The summed E-state index contributed by atoms with van der Waals surface area (Å²) in [6.07, 6.45) is 4.46. The van der Waals surface area contributed by atoms with Crippen LogP contribution in [0.5, 0.6) is 0 Å². The molecule has 16 heavy (non-hydrogen) atoms. The van der Waals surface area contributed by atoms with Crippen molar-refractivity contribution in [1.82, 2.24) is 4.90 Å². The number of hydrogen-bond acceptors (Lipinski definition) is 3. The average molecular weight is 231 g/mol. The lowest BCUT2D eigenvalue weighted by Gasteiger charge is -2.23. The van der Waals surface area contributed by atoms with E-state index < -0.39 is 12.5 Å². The lowest BCUT2D eigenvalue weighted by molar-refractivity contribution is -0.0413. The van der Waals surface area contributed by atoms with Crippen LogP contribution in [-0.2, 0) is 0 Å². The van der Waals surface area contributed by atoms with Gasteiger partial charge in [-0.05, 0) is 45.1 Å². The minimum atomic E-state index is -1.12. The molecule has 1 saturated carbocycles. The number of halogens is 1. The van der Waals surface area contributed by atoms with E-state index in [1.54, 1.807) is 6.92 Å². The van der Waals surface area contributed by atoms with Gasteiger partial charge in [0, 0.05) is 6.04 Å². The molecule has 4 heteroatoms. The van der Waals surface area contributed by atoms with Crippen LogP contribution in [0.25, 0.3) is 0 Å². The summed E-state index contributed by atoms with van der Waals surface area (Å²) in [6, 6.07) is 0.618. The van der Waals surface area contributed by atoms with Crippen molar-refractivity contribution in [3.8, 4) is 0 Å². The van der Waals surface area contributed by atoms with E-state index in [1.807, 2.05) is 0 Å². The summed E-state index contributed by atoms with van der Waals surface area (Å²) in [5.41, 5.74) is 0.0706. The van der Waals surface area contributed by atoms with E-state index in [0.717, 1.165) is 19.3 Å². The van der Waals surface area contributed by atoms with Gasteiger partial charge in [-0.3, -0.25) is 4.90 Å². The Morgan fingerprint density at radius 1 is 1.44 bits per heavy atom. The van der Waals surface area contributed by atoms with Crippen molar-refractivity contribution in [3.63, 3.8) is 0 Å². The van der Waals surface area contributed by atoms with E-state index >= 15 is 0 Å². The van der Waals surface area contributed by atoms with E-state index in [1.165, 1.54) is 19.4 Å². The third-order valence-corrected chi connectivity index (χ3v) is 4.14. The van der Waals surface area contributed by atoms with Crippen LogP contribution in [0.3, 0.4) is 0 Å². The molecular formula is C12H22FNO2. The second-order valence-corrected chi connectivity index (χ2v) is 5.19. The lowest BCUT2D eigenvalue weighted by atomic mass is 10.1.